The molecule has 0 spiro atoms. The molecule has 0 bridgehead atoms. The topological polar surface area (TPSA) is 243 Å². The molecular weight excluding hydrogens is 1010 g/mol. The maximum atomic E-state index is 14.4. The van der Waals surface area contributed by atoms with Gasteiger partial charge in [-0.2, -0.15) is 9.80 Å². The van der Waals surface area contributed by atoms with Crippen molar-refractivity contribution in [1.82, 2.24) is 25.4 Å². The van der Waals surface area contributed by atoms with Gasteiger partial charge in [0.1, 0.15) is 0 Å². The van der Waals surface area contributed by atoms with E-state index >= 15 is 0 Å². The van der Waals surface area contributed by atoms with Crippen LogP contribution in [0.1, 0.15) is 82.9 Å². The van der Waals surface area contributed by atoms with Crippen LogP contribution in [0.25, 0.3) is 67.0 Å². The average Bonchev–Trinajstić information content (AvgIpc) is 4.29. The number of benzene rings is 8. The Bertz CT molecular complexity index is 4370. The summed E-state index contributed by atoms with van der Waals surface area (Å²) in [6.45, 7) is 0. The molecule has 0 saturated carbocycles. The molecule has 19 heteroatoms. The normalized spacial score (nSPS) is 14.7. The number of fused-ring (bicyclic) bond motifs is 7. The Balaban J connectivity index is 0.707. The number of amides is 8. The Kier molecular flexibility index (Phi) is 9.34. The average molecular weight is 1040 g/mol. The lowest BCUT2D eigenvalue weighted by Crippen LogP contribution is -2.29. The highest BCUT2D eigenvalue weighted by molar-refractivity contribution is 6.39. The summed E-state index contributed by atoms with van der Waals surface area (Å²) < 4.78 is 11.6. The Morgan fingerprint density at radius 2 is 0.696 bits per heavy atom. The number of imide groups is 4. The van der Waals surface area contributed by atoms with Crippen molar-refractivity contribution in [2.45, 2.75) is 0 Å². The molecule has 0 radical (unpaired) electrons. The van der Waals surface area contributed by atoms with E-state index in [9.17, 15) is 38.4 Å². The van der Waals surface area contributed by atoms with Crippen molar-refractivity contribution in [3.05, 3.63) is 214 Å². The van der Waals surface area contributed by atoms with E-state index < -0.39 is 47.3 Å². The van der Waals surface area contributed by atoms with Gasteiger partial charge in [0.25, 0.3) is 47.3 Å². The van der Waals surface area contributed by atoms with Crippen LogP contribution in [-0.2, 0) is 0 Å². The van der Waals surface area contributed by atoms with E-state index in [0.29, 0.717) is 55.2 Å². The molecule has 4 aliphatic rings. The lowest BCUT2D eigenvalue weighted by molar-refractivity contribution is 0.0902. The predicted octanol–water partition coefficient (Wildman–Crippen LogP) is 9.96. The highest BCUT2D eigenvalue weighted by atomic mass is 16.4. The Morgan fingerprint density at radius 1 is 0.304 bits per heavy atom. The number of hydrogen-bond acceptors (Lipinski definition) is 14. The number of nitrogens with zero attached hydrogens (tertiary/aromatic N) is 8. The van der Waals surface area contributed by atoms with E-state index in [0.717, 1.165) is 19.6 Å². The SMILES string of the molecule is O=C1c2ccc(-c3cccc4c3C(=O)N(c3nnc(-c5ccccc5)o3)C4=O)cc2C(=O)N1c1ccc2[nH]c3ccc(N4C(=O)c5ccc(-c6cccc7c6C(=O)N(c6nnc(-c8ccccc8)o6)C7=O)cc5C4=O)cc3c2c1. The maximum absolute atomic E-state index is 14.4. The first-order chi connectivity index (χ1) is 38.5. The molecular formula is C60H29N9O10. The molecule has 79 heavy (non-hydrogen) atoms. The predicted molar refractivity (Wildman–Crippen MR) is 284 cm³/mol. The van der Waals surface area contributed by atoms with Crippen LogP contribution in [0.4, 0.5) is 23.4 Å². The summed E-state index contributed by atoms with van der Waals surface area (Å²) >= 11 is 0. The van der Waals surface area contributed by atoms with Gasteiger partial charge in [-0.3, -0.25) is 38.4 Å². The Morgan fingerprint density at radius 3 is 1.13 bits per heavy atom. The van der Waals surface area contributed by atoms with Crippen molar-refractivity contribution < 1.29 is 47.2 Å². The van der Waals surface area contributed by atoms with Crippen molar-refractivity contribution in [2.24, 2.45) is 0 Å². The third-order valence-electron chi connectivity index (χ3n) is 14.6. The van der Waals surface area contributed by atoms with Gasteiger partial charge in [0.2, 0.25) is 11.8 Å². The van der Waals surface area contributed by atoms with E-state index in [1.807, 2.05) is 12.1 Å². The van der Waals surface area contributed by atoms with Crippen LogP contribution in [0.5, 0.6) is 0 Å². The zero-order valence-electron chi connectivity index (χ0n) is 40.3. The van der Waals surface area contributed by atoms with Gasteiger partial charge in [0.05, 0.1) is 55.9 Å². The summed E-state index contributed by atoms with van der Waals surface area (Å²) in [5.74, 6) is -4.91. The number of rotatable bonds is 8. The molecule has 4 aliphatic heterocycles. The van der Waals surface area contributed by atoms with E-state index in [1.54, 1.807) is 121 Å². The minimum atomic E-state index is -0.700. The van der Waals surface area contributed by atoms with Gasteiger partial charge in [0, 0.05) is 32.9 Å². The fourth-order valence-electron chi connectivity index (χ4n) is 10.8. The highest BCUT2D eigenvalue weighted by Crippen LogP contribution is 2.42. The molecule has 19 nitrogen and oxygen atoms in total. The number of carbonyl (C=O) groups excluding carboxylic acids is 8. The van der Waals surface area contributed by atoms with Crippen molar-refractivity contribution in [3.63, 3.8) is 0 Å². The minimum Gasteiger partial charge on any atom is -0.403 e. The zero-order chi connectivity index (χ0) is 53.5. The molecule has 0 unspecified atom stereocenters. The van der Waals surface area contributed by atoms with Crippen molar-refractivity contribution in [3.8, 4) is 45.2 Å². The lowest BCUT2D eigenvalue weighted by Gasteiger charge is -2.15. The van der Waals surface area contributed by atoms with E-state index in [2.05, 4.69) is 25.4 Å². The number of carbonyl (C=O) groups is 8. The van der Waals surface area contributed by atoms with Crippen LogP contribution in [-0.4, -0.2) is 72.6 Å². The quantitative estimate of drug-likeness (QED) is 0.139. The minimum absolute atomic E-state index is 0.0652. The second-order valence-corrected chi connectivity index (χ2v) is 18.9. The first-order valence-electron chi connectivity index (χ1n) is 24.4. The van der Waals surface area contributed by atoms with Gasteiger partial charge in [-0.15, -0.1) is 10.2 Å². The smallest absolute Gasteiger partial charge is 0.332 e. The summed E-state index contributed by atoms with van der Waals surface area (Å²) in [4.78, 5) is 120. The number of aromatic nitrogens is 5. The third kappa shape index (κ3) is 6.46. The summed E-state index contributed by atoms with van der Waals surface area (Å²) in [5, 5.41) is 17.2. The maximum Gasteiger partial charge on any atom is 0.332 e. The van der Waals surface area contributed by atoms with Gasteiger partial charge in [0.15, 0.2) is 0 Å². The highest BCUT2D eigenvalue weighted by Gasteiger charge is 2.45. The molecule has 1 N–H and O–H groups in total. The van der Waals surface area contributed by atoms with Crippen LogP contribution in [0, 0.1) is 0 Å². The third-order valence-corrected chi connectivity index (χ3v) is 14.6. The van der Waals surface area contributed by atoms with Crippen LogP contribution in [0.3, 0.4) is 0 Å². The molecule has 11 aromatic rings. The number of nitrogens with one attached hydrogen (secondary N) is 1. The molecule has 3 aromatic heterocycles. The number of H-pyrrole nitrogens is 1. The molecule has 0 saturated heterocycles. The van der Waals surface area contributed by atoms with Gasteiger partial charge in [-0.25, -0.2) is 9.80 Å². The van der Waals surface area contributed by atoms with Crippen LogP contribution >= 0.6 is 0 Å². The Labute approximate surface area is 442 Å². The van der Waals surface area contributed by atoms with Crippen molar-refractivity contribution in [1.29, 1.82) is 0 Å². The van der Waals surface area contributed by atoms with Gasteiger partial charge < -0.3 is 13.8 Å². The molecule has 374 valence electrons. The summed E-state index contributed by atoms with van der Waals surface area (Å²) in [6.07, 6.45) is 0. The monoisotopic (exact) mass is 1040 g/mol. The fraction of sp³-hybridized carbons (Fsp3) is 0. The van der Waals surface area contributed by atoms with Gasteiger partial charge in [-0.1, -0.05) is 83.0 Å². The largest absolute Gasteiger partial charge is 0.403 e. The molecule has 0 aliphatic carbocycles. The van der Waals surface area contributed by atoms with Gasteiger partial charge in [-0.05, 0) is 119 Å². The molecule has 8 aromatic carbocycles. The molecule has 7 heterocycles. The van der Waals surface area contributed by atoms with Crippen LogP contribution < -0.4 is 19.6 Å². The van der Waals surface area contributed by atoms with Crippen LogP contribution in [0.2, 0.25) is 0 Å². The standard InChI is InChI=1S/C60H29N9O10/c70-51-37-21-17-31(35-13-7-15-39-47(35)57(76)68(53(39)72)59-64-62-49(78-59)29-9-3-1-4-10-29)25-43(37)55(74)66(51)33-19-23-45-41(27-33)42-28-34(20-24-46(42)61-45)67-52(71)38-22-18-32(26-44(38)56(67)75)36-14-8-16-40-48(36)58(77)69(54(40)73)60-65-63-50(79-60)30-11-5-2-6-12-30/h1-28,61H. The Hall–Kier alpha value is -11.6. The first kappa shape index (κ1) is 44.8. The van der Waals surface area contributed by atoms with E-state index in [-0.39, 0.29) is 79.7 Å². The van der Waals surface area contributed by atoms with E-state index in [4.69, 9.17) is 8.83 Å². The number of aromatic amines is 1. The summed E-state index contributed by atoms with van der Waals surface area (Å²) in [7, 11) is 0. The van der Waals surface area contributed by atoms with Crippen molar-refractivity contribution >= 4 is 92.5 Å². The first-order valence-corrected chi connectivity index (χ1v) is 24.4. The van der Waals surface area contributed by atoms with Gasteiger partial charge >= 0.3 is 12.0 Å². The molecule has 15 rings (SSSR count). The second-order valence-electron chi connectivity index (χ2n) is 18.9. The van der Waals surface area contributed by atoms with Crippen molar-refractivity contribution in [2.75, 3.05) is 19.6 Å². The second kappa shape index (κ2) is 16.4. The zero-order valence-corrected chi connectivity index (χ0v) is 40.3. The number of hydrogen-bond donors (Lipinski definition) is 1. The molecule has 0 fully saturated rings. The molecule has 8 amide bonds. The summed E-state index contributed by atoms with van der Waals surface area (Å²) in [6, 6.07) is 46.0. The number of anilines is 4. The lowest BCUT2D eigenvalue weighted by atomic mass is 9.94. The fourth-order valence-corrected chi connectivity index (χ4v) is 10.8. The summed E-state index contributed by atoms with van der Waals surface area (Å²) in [5.41, 5.74) is 5.20. The van der Waals surface area contributed by atoms with E-state index in [1.165, 1.54) is 36.4 Å². The molecule has 0 atom stereocenters. The van der Waals surface area contributed by atoms with Crippen LogP contribution in [0.15, 0.2) is 179 Å².